The zero-order chi connectivity index (χ0) is 26.4. The van der Waals surface area contributed by atoms with E-state index in [0.29, 0.717) is 0 Å². The van der Waals surface area contributed by atoms with E-state index in [1.54, 1.807) is 9.80 Å². The van der Waals surface area contributed by atoms with E-state index in [2.05, 4.69) is 15.0 Å². The Balaban J connectivity index is 2.03. The lowest BCUT2D eigenvalue weighted by Gasteiger charge is -2.29. The van der Waals surface area contributed by atoms with Crippen molar-refractivity contribution >= 4 is 46.8 Å². The van der Waals surface area contributed by atoms with Crippen molar-refractivity contribution in [1.29, 1.82) is 0 Å². The molecule has 1 unspecified atom stereocenters. The number of hydrogen-bond acceptors (Lipinski definition) is 10. The van der Waals surface area contributed by atoms with Gasteiger partial charge in [-0.3, -0.25) is 28.4 Å². The van der Waals surface area contributed by atoms with Crippen LogP contribution in [0.4, 0.5) is 0 Å². The summed E-state index contributed by atoms with van der Waals surface area (Å²) in [6.07, 6.45) is -0.0883. The molecule has 8 N–H and O–H groups in total. The average Bonchev–Trinajstić information content (AvgIpc) is 3.09. The van der Waals surface area contributed by atoms with Crippen LogP contribution in [0.15, 0.2) is 15.0 Å². The number of aliphatic imine (C=N–C) groups is 3. The van der Waals surface area contributed by atoms with E-state index < -0.39 is 53.2 Å². The fourth-order valence-electron chi connectivity index (χ4n) is 3.24. The third-order valence-corrected chi connectivity index (χ3v) is 7.44. The number of carbonyl (C=O) groups excluding carboxylic acids is 1. The predicted molar refractivity (Wildman–Crippen MR) is 127 cm³/mol. The molecule has 17 nitrogen and oxygen atoms in total. The molecule has 1 atom stereocenters. The molecule has 35 heavy (non-hydrogen) atoms. The second-order valence-electron chi connectivity index (χ2n) is 7.99. The normalized spacial score (nSPS) is 18.9. The molecule has 1 amide bonds. The van der Waals surface area contributed by atoms with Gasteiger partial charge in [0.1, 0.15) is 5.84 Å². The summed E-state index contributed by atoms with van der Waals surface area (Å²) in [4.78, 5) is 83.4. The Morgan fingerprint density at radius 1 is 0.800 bits per heavy atom. The summed E-state index contributed by atoms with van der Waals surface area (Å²) < 4.78 is 33.9. The van der Waals surface area contributed by atoms with E-state index in [4.69, 9.17) is 25.3 Å². The molecule has 0 aliphatic carbocycles. The number of guanidine groups is 1. The van der Waals surface area contributed by atoms with E-state index in [1.807, 2.05) is 0 Å². The molecule has 0 saturated heterocycles. The molecule has 0 saturated carbocycles. The maximum absolute atomic E-state index is 11.9. The fourth-order valence-corrected chi connectivity index (χ4v) is 4.87. The predicted octanol–water partition coefficient (Wildman–Crippen LogP) is -2.91. The topological polar surface area (TPSA) is 262 Å². The summed E-state index contributed by atoms with van der Waals surface area (Å²) >= 11 is 0. The Morgan fingerprint density at radius 3 is 1.71 bits per heavy atom. The highest BCUT2D eigenvalue weighted by Crippen LogP contribution is 2.36. The van der Waals surface area contributed by atoms with Gasteiger partial charge in [-0.2, -0.15) is 9.98 Å². The number of nitrogens with zero attached hydrogens (tertiary/aromatic N) is 6. The third-order valence-electron chi connectivity index (χ3n) is 5.09. The Kier molecular flexibility index (Phi) is 10.5. The van der Waals surface area contributed by atoms with Crippen LogP contribution in [0.25, 0.3) is 0 Å². The van der Waals surface area contributed by atoms with Gasteiger partial charge in [0.25, 0.3) is 5.91 Å². The smallest absolute Gasteiger partial charge is 0.326 e. The van der Waals surface area contributed by atoms with Gasteiger partial charge >= 0.3 is 22.8 Å². The van der Waals surface area contributed by atoms with E-state index >= 15 is 0 Å². The van der Waals surface area contributed by atoms with Gasteiger partial charge in [-0.25, -0.2) is 0 Å². The number of carbonyl (C=O) groups is 1. The van der Waals surface area contributed by atoms with Gasteiger partial charge < -0.3 is 44.9 Å². The van der Waals surface area contributed by atoms with Crippen LogP contribution >= 0.6 is 22.8 Å². The van der Waals surface area contributed by atoms with Crippen molar-refractivity contribution in [3.05, 3.63) is 0 Å². The van der Waals surface area contributed by atoms with Gasteiger partial charge in [0.15, 0.2) is 6.04 Å². The lowest BCUT2D eigenvalue weighted by molar-refractivity contribution is -0.117. The average molecular weight is 561 g/mol. The highest BCUT2D eigenvalue weighted by Gasteiger charge is 2.35. The number of fused-ring (bicyclic) bond motifs is 1. The van der Waals surface area contributed by atoms with E-state index in [-0.39, 0.29) is 57.6 Å². The van der Waals surface area contributed by atoms with Crippen molar-refractivity contribution < 1.29 is 47.9 Å². The quantitative estimate of drug-likeness (QED) is 0.0989. The van der Waals surface area contributed by atoms with Gasteiger partial charge in [0, 0.05) is 45.8 Å². The molecule has 0 spiro atoms. The Morgan fingerprint density at radius 2 is 1.26 bits per heavy atom. The zero-order valence-electron chi connectivity index (χ0n) is 18.6. The van der Waals surface area contributed by atoms with Crippen molar-refractivity contribution in [3.8, 4) is 0 Å². The molecule has 0 fully saturated rings. The SMILES string of the molecule is NC1=NC(=O)C2N=CN(CCN(CCN(CCP(=O)(O)O)CCP(=O)(O)O)CCP(=O)(O)O)C2=N1. The van der Waals surface area contributed by atoms with Gasteiger partial charge in [-0.15, -0.1) is 0 Å². The summed E-state index contributed by atoms with van der Waals surface area (Å²) in [7, 11) is -13.0. The monoisotopic (exact) mass is 561 g/mol. The molecule has 20 heteroatoms. The molecule has 0 aromatic heterocycles. The van der Waals surface area contributed by atoms with Crippen molar-refractivity contribution in [1.82, 2.24) is 14.7 Å². The molecular formula is C15H30N7O10P3. The number of amidine groups is 1. The summed E-state index contributed by atoms with van der Waals surface area (Å²) in [6.45, 7) is 0.462. The van der Waals surface area contributed by atoms with Crippen molar-refractivity contribution in [3.63, 3.8) is 0 Å². The first-order valence-corrected chi connectivity index (χ1v) is 15.8. The molecule has 2 rings (SSSR count). The van der Waals surface area contributed by atoms with E-state index in [9.17, 15) is 28.3 Å². The first-order valence-electron chi connectivity index (χ1n) is 10.4. The van der Waals surface area contributed by atoms with Crippen LogP contribution < -0.4 is 5.73 Å². The molecule has 200 valence electrons. The molecule has 2 aliphatic rings. The molecule has 2 heterocycles. The Bertz CT molecular complexity index is 977. The third kappa shape index (κ3) is 11.5. The largest absolute Gasteiger partial charge is 0.368 e. The van der Waals surface area contributed by atoms with Crippen molar-refractivity contribution in [2.24, 2.45) is 20.7 Å². The van der Waals surface area contributed by atoms with E-state index in [1.165, 1.54) is 11.2 Å². The minimum Gasteiger partial charge on any atom is -0.368 e. The lowest BCUT2D eigenvalue weighted by atomic mass is 10.2. The minimum atomic E-state index is -4.35. The molecule has 0 aromatic rings. The molecule has 0 radical (unpaired) electrons. The van der Waals surface area contributed by atoms with Gasteiger partial charge in [0.2, 0.25) is 5.96 Å². The van der Waals surface area contributed by atoms with Gasteiger partial charge in [-0.05, 0) is 0 Å². The highest BCUT2D eigenvalue weighted by molar-refractivity contribution is 7.52. The van der Waals surface area contributed by atoms with Crippen molar-refractivity contribution in [2.75, 3.05) is 64.3 Å². The summed E-state index contributed by atoms with van der Waals surface area (Å²) in [5.74, 6) is -0.487. The van der Waals surface area contributed by atoms with Gasteiger partial charge in [-0.1, -0.05) is 0 Å². The summed E-state index contributed by atoms with van der Waals surface area (Å²) in [5.41, 5.74) is 5.54. The van der Waals surface area contributed by atoms with Crippen LogP contribution in [0.1, 0.15) is 0 Å². The second kappa shape index (κ2) is 12.3. The minimum absolute atomic E-state index is 0.0292. The first-order chi connectivity index (χ1) is 16.0. The highest BCUT2D eigenvalue weighted by atomic mass is 31.2. The number of hydrogen-bond donors (Lipinski definition) is 7. The van der Waals surface area contributed by atoms with Crippen molar-refractivity contribution in [2.45, 2.75) is 6.04 Å². The van der Waals surface area contributed by atoms with Crippen LogP contribution in [0.5, 0.6) is 0 Å². The van der Waals surface area contributed by atoms with Crippen LogP contribution in [0.2, 0.25) is 0 Å². The second-order valence-corrected chi connectivity index (χ2v) is 13.3. The standard InChI is InChI=1S/C15H30N7O10P3/c16-15-18-13-12(14(23)19-15)17-11-22(13)4-3-20(5-8-33(24,25)26)1-2-21(6-9-34(27,28)29)7-10-35(30,31)32/h11-12H,1-10H2,(H2,16,19,23)(H2,24,25,26)(H2,27,28,29)(H2,30,31,32). The Labute approximate surface area is 200 Å². The zero-order valence-corrected chi connectivity index (χ0v) is 21.3. The summed E-state index contributed by atoms with van der Waals surface area (Å²) in [6, 6.07) is -0.901. The maximum atomic E-state index is 11.9. The molecular weight excluding hydrogens is 531 g/mol. The number of rotatable bonds is 15. The summed E-state index contributed by atoms with van der Waals surface area (Å²) in [5, 5.41) is 0. The number of nitrogens with two attached hydrogens (primary N) is 1. The maximum Gasteiger partial charge on any atom is 0.326 e. The van der Waals surface area contributed by atoms with E-state index in [0.717, 1.165) is 0 Å². The lowest BCUT2D eigenvalue weighted by Crippen LogP contribution is -2.45. The van der Waals surface area contributed by atoms with Gasteiger partial charge in [0.05, 0.1) is 24.8 Å². The van der Waals surface area contributed by atoms with Crippen LogP contribution in [-0.4, -0.2) is 138 Å². The number of amides is 1. The van der Waals surface area contributed by atoms with Crippen LogP contribution in [0.3, 0.4) is 0 Å². The van der Waals surface area contributed by atoms with Crippen LogP contribution in [-0.2, 0) is 18.5 Å². The van der Waals surface area contributed by atoms with Crippen LogP contribution in [0, 0.1) is 0 Å². The molecule has 0 aromatic carbocycles. The molecule has 2 aliphatic heterocycles. The fraction of sp³-hybridized carbons (Fsp3) is 0.733. The molecule has 0 bridgehead atoms. The Hall–Kier alpha value is -1.35. The first kappa shape index (κ1) is 29.9.